The van der Waals surface area contributed by atoms with E-state index in [9.17, 15) is 13.2 Å². The van der Waals surface area contributed by atoms with Crippen LogP contribution in [0.5, 0.6) is 5.75 Å². The average Bonchev–Trinajstić information content (AvgIpc) is 2.14. The third-order valence-electron chi connectivity index (χ3n) is 1.54. The quantitative estimate of drug-likeness (QED) is 0.818. The maximum absolute atomic E-state index is 12.0. The number of alkyl halides is 4. The first-order chi connectivity index (χ1) is 7.37. The molecule has 0 aromatic carbocycles. The van der Waals surface area contributed by atoms with Crippen LogP contribution in [0.1, 0.15) is 11.3 Å². The van der Waals surface area contributed by atoms with Crippen LogP contribution in [0.15, 0.2) is 6.07 Å². The highest BCUT2D eigenvalue weighted by atomic mass is 35.5. The number of anilines is 1. The zero-order valence-electron chi connectivity index (χ0n) is 7.68. The number of hydrogen-bond donors (Lipinski definition) is 1. The summed E-state index contributed by atoms with van der Waals surface area (Å²) in [5, 5.41) is 8.68. The minimum Gasteiger partial charge on any atom is -0.404 e. The van der Waals surface area contributed by atoms with Crippen LogP contribution in [0.25, 0.3) is 0 Å². The molecule has 0 radical (unpaired) electrons. The molecule has 1 aromatic rings. The zero-order valence-corrected chi connectivity index (χ0v) is 8.43. The zero-order chi connectivity index (χ0) is 12.3. The van der Waals surface area contributed by atoms with Gasteiger partial charge in [-0.2, -0.15) is 5.26 Å². The molecule has 4 nitrogen and oxygen atoms in total. The lowest BCUT2D eigenvalue weighted by molar-refractivity contribution is -0.274. The predicted octanol–water partition coefficient (Wildman–Crippen LogP) is 2.17. The van der Waals surface area contributed by atoms with Crippen molar-refractivity contribution in [3.05, 3.63) is 17.3 Å². The van der Waals surface area contributed by atoms with Gasteiger partial charge in [-0.15, -0.1) is 24.8 Å². The van der Waals surface area contributed by atoms with Gasteiger partial charge in [-0.25, -0.2) is 4.98 Å². The van der Waals surface area contributed by atoms with Gasteiger partial charge in [0.05, 0.1) is 11.6 Å². The Labute approximate surface area is 93.4 Å². The Hall–Kier alpha value is -1.68. The van der Waals surface area contributed by atoms with Gasteiger partial charge in [-0.3, -0.25) is 0 Å². The van der Waals surface area contributed by atoms with Crippen molar-refractivity contribution in [1.29, 1.82) is 5.26 Å². The number of rotatable bonds is 2. The molecule has 0 spiro atoms. The number of halogens is 4. The molecule has 0 fully saturated rings. The molecule has 0 aliphatic heterocycles. The number of pyridine rings is 1. The molecule has 86 valence electrons. The van der Waals surface area contributed by atoms with Gasteiger partial charge in [-0.1, -0.05) is 0 Å². The summed E-state index contributed by atoms with van der Waals surface area (Å²) in [6, 6.07) is 2.36. The van der Waals surface area contributed by atoms with E-state index >= 15 is 0 Å². The standard InChI is InChI=1S/C8H5ClF3N3O/c9-2-5-4(3-13)6(1-7(14)15-5)16-8(10,11)12/h1H,2H2,(H2,14,15). The summed E-state index contributed by atoms with van der Waals surface area (Å²) < 4.78 is 39.6. The van der Waals surface area contributed by atoms with Crippen LogP contribution in [-0.4, -0.2) is 11.3 Å². The Kier molecular flexibility index (Phi) is 3.44. The van der Waals surface area contributed by atoms with E-state index in [0.717, 1.165) is 6.07 Å². The molecule has 0 bridgehead atoms. The van der Waals surface area contributed by atoms with Crippen molar-refractivity contribution in [3.8, 4) is 11.8 Å². The van der Waals surface area contributed by atoms with Gasteiger partial charge in [0.15, 0.2) is 5.75 Å². The molecule has 2 N–H and O–H groups in total. The van der Waals surface area contributed by atoms with Gasteiger partial charge in [-0.05, 0) is 0 Å². The summed E-state index contributed by atoms with van der Waals surface area (Å²) in [5.41, 5.74) is 4.82. The van der Waals surface area contributed by atoms with Crippen LogP contribution in [0.2, 0.25) is 0 Å². The molecule has 0 saturated heterocycles. The van der Waals surface area contributed by atoms with E-state index in [4.69, 9.17) is 22.6 Å². The summed E-state index contributed by atoms with van der Waals surface area (Å²) >= 11 is 5.42. The van der Waals surface area contributed by atoms with Crippen molar-refractivity contribution in [2.45, 2.75) is 12.2 Å². The monoisotopic (exact) mass is 251 g/mol. The number of nitrogens with zero attached hydrogens (tertiary/aromatic N) is 2. The number of nitrogen functional groups attached to an aromatic ring is 1. The fourth-order valence-electron chi connectivity index (χ4n) is 1.01. The van der Waals surface area contributed by atoms with Crippen molar-refractivity contribution in [2.24, 2.45) is 0 Å². The molecule has 8 heteroatoms. The summed E-state index contributed by atoms with van der Waals surface area (Å²) in [6.07, 6.45) is -4.90. The number of nitriles is 1. The van der Waals surface area contributed by atoms with Crippen molar-refractivity contribution in [1.82, 2.24) is 4.98 Å². The largest absolute Gasteiger partial charge is 0.573 e. The van der Waals surface area contributed by atoms with Gasteiger partial charge in [0.1, 0.15) is 17.5 Å². The van der Waals surface area contributed by atoms with Crippen molar-refractivity contribution in [2.75, 3.05) is 5.73 Å². The van der Waals surface area contributed by atoms with Crippen molar-refractivity contribution < 1.29 is 17.9 Å². The first-order valence-electron chi connectivity index (χ1n) is 3.88. The lowest BCUT2D eigenvalue weighted by atomic mass is 10.2. The van der Waals surface area contributed by atoms with Crippen LogP contribution in [-0.2, 0) is 5.88 Å². The lowest BCUT2D eigenvalue weighted by Crippen LogP contribution is -2.18. The second kappa shape index (κ2) is 4.45. The van der Waals surface area contributed by atoms with Crippen LogP contribution in [0.3, 0.4) is 0 Å². The van der Waals surface area contributed by atoms with Crippen molar-refractivity contribution in [3.63, 3.8) is 0 Å². The Morgan fingerprint density at radius 1 is 1.56 bits per heavy atom. The molecule has 1 heterocycles. The average molecular weight is 252 g/mol. The maximum Gasteiger partial charge on any atom is 0.573 e. The van der Waals surface area contributed by atoms with Gasteiger partial charge < -0.3 is 10.5 Å². The minimum absolute atomic E-state index is 0.0524. The fourth-order valence-corrected chi connectivity index (χ4v) is 1.21. The molecule has 0 unspecified atom stereocenters. The Bertz CT molecular complexity index is 441. The van der Waals surface area contributed by atoms with Crippen LogP contribution in [0.4, 0.5) is 19.0 Å². The number of ether oxygens (including phenoxy) is 1. The number of hydrogen-bond acceptors (Lipinski definition) is 4. The maximum atomic E-state index is 12.0. The van der Waals surface area contributed by atoms with E-state index in [1.807, 2.05) is 0 Å². The summed E-state index contributed by atoms with van der Waals surface area (Å²) in [5.74, 6) is -1.13. The second-order valence-corrected chi connectivity index (χ2v) is 2.93. The molecule has 1 aromatic heterocycles. The Balaban J connectivity index is 3.27. The molecule has 0 aliphatic carbocycles. The van der Waals surface area contributed by atoms with E-state index in [1.165, 1.54) is 6.07 Å². The summed E-state index contributed by atoms with van der Waals surface area (Å²) in [6.45, 7) is 0. The summed E-state index contributed by atoms with van der Waals surface area (Å²) in [7, 11) is 0. The first kappa shape index (κ1) is 12.4. The molecule has 0 aliphatic rings. The molecular formula is C8H5ClF3N3O. The third kappa shape index (κ3) is 2.90. The summed E-state index contributed by atoms with van der Waals surface area (Å²) in [4.78, 5) is 3.63. The molecule has 16 heavy (non-hydrogen) atoms. The van der Waals surface area contributed by atoms with Crippen LogP contribution < -0.4 is 10.5 Å². The van der Waals surface area contributed by atoms with E-state index < -0.39 is 12.1 Å². The normalized spacial score (nSPS) is 10.9. The highest BCUT2D eigenvalue weighted by molar-refractivity contribution is 6.17. The Morgan fingerprint density at radius 2 is 2.19 bits per heavy atom. The minimum atomic E-state index is -4.90. The second-order valence-electron chi connectivity index (χ2n) is 2.66. The lowest BCUT2D eigenvalue weighted by Gasteiger charge is -2.12. The fraction of sp³-hybridized carbons (Fsp3) is 0.250. The highest BCUT2D eigenvalue weighted by Gasteiger charge is 2.33. The van der Waals surface area contributed by atoms with E-state index in [1.54, 1.807) is 0 Å². The van der Waals surface area contributed by atoms with E-state index in [-0.39, 0.29) is 23.0 Å². The SMILES string of the molecule is N#Cc1c(OC(F)(F)F)cc(N)nc1CCl. The number of nitrogens with two attached hydrogens (primary N) is 1. The number of aromatic nitrogens is 1. The van der Waals surface area contributed by atoms with Crippen molar-refractivity contribution >= 4 is 17.4 Å². The predicted molar refractivity (Wildman–Crippen MR) is 49.6 cm³/mol. The van der Waals surface area contributed by atoms with Gasteiger partial charge >= 0.3 is 6.36 Å². The van der Waals surface area contributed by atoms with Gasteiger partial charge in [0, 0.05) is 6.07 Å². The first-order valence-corrected chi connectivity index (χ1v) is 4.42. The van der Waals surface area contributed by atoms with E-state index in [2.05, 4.69) is 9.72 Å². The van der Waals surface area contributed by atoms with Gasteiger partial charge in [0.2, 0.25) is 0 Å². The van der Waals surface area contributed by atoms with Crippen LogP contribution in [0, 0.1) is 11.3 Å². The smallest absolute Gasteiger partial charge is 0.404 e. The molecule has 0 saturated carbocycles. The molecular weight excluding hydrogens is 247 g/mol. The van der Waals surface area contributed by atoms with Gasteiger partial charge in [0.25, 0.3) is 0 Å². The third-order valence-corrected chi connectivity index (χ3v) is 1.80. The van der Waals surface area contributed by atoms with E-state index in [0.29, 0.717) is 0 Å². The topological polar surface area (TPSA) is 71.9 Å². The Morgan fingerprint density at radius 3 is 2.62 bits per heavy atom. The molecule has 0 amide bonds. The van der Waals surface area contributed by atoms with Crippen LogP contribution >= 0.6 is 11.6 Å². The molecule has 1 rings (SSSR count). The highest BCUT2D eigenvalue weighted by Crippen LogP contribution is 2.29. The molecule has 0 atom stereocenters.